The van der Waals surface area contributed by atoms with Gasteiger partial charge >= 0.3 is 18.6 Å². The van der Waals surface area contributed by atoms with Gasteiger partial charge in [-0.1, -0.05) is 0 Å². The molecule has 1 aromatic carbocycles. The quantitative estimate of drug-likeness (QED) is 0.523. The van der Waals surface area contributed by atoms with E-state index in [-0.39, 0.29) is 30.6 Å². The molecule has 0 radical (unpaired) electrons. The minimum atomic E-state index is -2.95. The van der Waals surface area contributed by atoms with Crippen molar-refractivity contribution in [1.29, 1.82) is 0 Å². The van der Waals surface area contributed by atoms with E-state index in [1.807, 2.05) is 0 Å². The third-order valence-electron chi connectivity index (χ3n) is 4.68. The normalized spacial score (nSPS) is 16.9. The van der Waals surface area contributed by atoms with Crippen LogP contribution in [0.3, 0.4) is 0 Å². The Morgan fingerprint density at radius 1 is 1.21 bits per heavy atom. The number of hydrogen-bond acceptors (Lipinski definition) is 5. The van der Waals surface area contributed by atoms with Gasteiger partial charge in [-0.25, -0.2) is 9.59 Å². The van der Waals surface area contributed by atoms with E-state index in [4.69, 9.17) is 9.47 Å². The first-order valence-corrected chi connectivity index (χ1v) is 9.22. The van der Waals surface area contributed by atoms with Crippen LogP contribution in [0.15, 0.2) is 23.4 Å². The van der Waals surface area contributed by atoms with E-state index in [0.717, 1.165) is 0 Å². The van der Waals surface area contributed by atoms with E-state index >= 15 is 0 Å². The van der Waals surface area contributed by atoms with E-state index in [0.29, 0.717) is 28.9 Å². The molecular formula is C20H26F2N2O5. The van der Waals surface area contributed by atoms with Gasteiger partial charge in [0.05, 0.1) is 18.2 Å². The fraction of sp³-hybridized carbons (Fsp3) is 0.500. The second kappa shape index (κ2) is 9.69. The lowest BCUT2D eigenvalue weighted by atomic mass is 9.92. The molecule has 1 aliphatic heterocycles. The first-order chi connectivity index (χ1) is 13.7. The SMILES string of the molecule is CCN1C(=O)N[C@H](c2cc(C)c(OC(F)F)c(C)c2)C(C(=O)OCCOC)=C1C. The smallest absolute Gasteiger partial charge is 0.387 e. The van der Waals surface area contributed by atoms with Crippen molar-refractivity contribution in [3.8, 4) is 5.75 Å². The number of halogens is 2. The Hall–Kier alpha value is -2.68. The number of allylic oxidation sites excluding steroid dienone is 1. The maximum atomic E-state index is 12.8. The number of hydrogen-bond donors (Lipinski definition) is 1. The van der Waals surface area contributed by atoms with Crippen molar-refractivity contribution in [1.82, 2.24) is 10.2 Å². The topological polar surface area (TPSA) is 77.1 Å². The summed E-state index contributed by atoms with van der Waals surface area (Å²) >= 11 is 0. The number of ether oxygens (including phenoxy) is 3. The summed E-state index contributed by atoms with van der Waals surface area (Å²) in [6, 6.07) is 2.10. The van der Waals surface area contributed by atoms with Crippen molar-refractivity contribution in [3.05, 3.63) is 40.1 Å². The molecular weight excluding hydrogens is 386 g/mol. The second-order valence-corrected chi connectivity index (χ2v) is 6.62. The first kappa shape index (κ1) is 22.6. The van der Waals surface area contributed by atoms with Gasteiger partial charge in [0.1, 0.15) is 12.4 Å². The van der Waals surface area contributed by atoms with Crippen LogP contribution in [-0.4, -0.2) is 50.4 Å². The van der Waals surface area contributed by atoms with Crippen LogP contribution in [0.1, 0.15) is 36.6 Å². The molecule has 1 aromatic rings. The number of rotatable bonds is 8. The predicted octanol–water partition coefficient (Wildman–Crippen LogP) is 3.45. The zero-order valence-corrected chi connectivity index (χ0v) is 17.2. The number of aryl methyl sites for hydroxylation is 2. The summed E-state index contributed by atoms with van der Waals surface area (Å²) in [6.45, 7) is 4.47. The summed E-state index contributed by atoms with van der Waals surface area (Å²) in [4.78, 5) is 26.7. The molecule has 0 aromatic heterocycles. The average Bonchev–Trinajstić information content (AvgIpc) is 2.64. The molecule has 7 nitrogen and oxygen atoms in total. The summed E-state index contributed by atoms with van der Waals surface area (Å²) in [5.41, 5.74) is 2.27. The summed E-state index contributed by atoms with van der Waals surface area (Å²) in [7, 11) is 1.50. The number of carbonyl (C=O) groups is 2. The van der Waals surface area contributed by atoms with Crippen LogP contribution in [-0.2, 0) is 14.3 Å². The Morgan fingerprint density at radius 3 is 2.34 bits per heavy atom. The third-order valence-corrected chi connectivity index (χ3v) is 4.68. The molecule has 2 rings (SSSR count). The largest absolute Gasteiger partial charge is 0.460 e. The van der Waals surface area contributed by atoms with Gasteiger partial charge < -0.3 is 19.5 Å². The van der Waals surface area contributed by atoms with E-state index in [1.54, 1.807) is 39.8 Å². The van der Waals surface area contributed by atoms with Crippen LogP contribution >= 0.6 is 0 Å². The number of nitrogens with one attached hydrogen (secondary N) is 1. The van der Waals surface area contributed by atoms with Gasteiger partial charge in [-0.05, 0) is 56.5 Å². The Bertz CT molecular complexity index is 787. The highest BCUT2D eigenvalue weighted by molar-refractivity contribution is 5.95. The van der Waals surface area contributed by atoms with Gasteiger partial charge in [0.25, 0.3) is 0 Å². The molecule has 0 saturated heterocycles. The van der Waals surface area contributed by atoms with Gasteiger partial charge in [0.15, 0.2) is 0 Å². The van der Waals surface area contributed by atoms with Crippen LogP contribution in [0, 0.1) is 13.8 Å². The monoisotopic (exact) mass is 412 g/mol. The van der Waals surface area contributed by atoms with Crippen molar-refractivity contribution in [2.24, 2.45) is 0 Å². The molecule has 29 heavy (non-hydrogen) atoms. The lowest BCUT2D eigenvalue weighted by Crippen LogP contribution is -2.48. The summed E-state index contributed by atoms with van der Waals surface area (Å²) < 4.78 is 40.1. The minimum absolute atomic E-state index is 0.0676. The van der Waals surface area contributed by atoms with Crippen LogP contribution in [0.5, 0.6) is 5.75 Å². The standard InChI is InChI=1S/C20H26F2N2O5/c1-6-24-13(4)15(18(25)28-8-7-27-5)16(23-20(24)26)14-9-11(2)17(12(3)10-14)29-19(21)22/h9-10,16,19H,6-8H2,1-5H3,(H,23,26)/t16-/m1/s1. The molecule has 1 aliphatic rings. The van der Waals surface area contributed by atoms with E-state index < -0.39 is 18.6 Å². The van der Waals surface area contributed by atoms with Gasteiger partial charge in [-0.3, -0.25) is 4.90 Å². The van der Waals surface area contributed by atoms with E-state index in [9.17, 15) is 18.4 Å². The highest BCUT2D eigenvalue weighted by Gasteiger charge is 2.36. The summed E-state index contributed by atoms with van der Waals surface area (Å²) in [5.74, 6) is -0.503. The number of urea groups is 1. The van der Waals surface area contributed by atoms with E-state index in [1.165, 1.54) is 12.0 Å². The summed E-state index contributed by atoms with van der Waals surface area (Å²) in [5, 5.41) is 2.81. The highest BCUT2D eigenvalue weighted by atomic mass is 19.3. The molecule has 1 heterocycles. The number of amides is 2. The number of alkyl halides is 2. The van der Waals surface area contributed by atoms with Crippen molar-refractivity contribution < 1.29 is 32.6 Å². The Balaban J connectivity index is 2.49. The molecule has 2 amide bonds. The second-order valence-electron chi connectivity index (χ2n) is 6.62. The van der Waals surface area contributed by atoms with Gasteiger partial charge in [-0.15, -0.1) is 0 Å². The van der Waals surface area contributed by atoms with Crippen molar-refractivity contribution in [3.63, 3.8) is 0 Å². The van der Waals surface area contributed by atoms with Crippen LogP contribution in [0.4, 0.5) is 13.6 Å². The minimum Gasteiger partial charge on any atom is -0.460 e. The van der Waals surface area contributed by atoms with Gasteiger partial charge in [0.2, 0.25) is 0 Å². The fourth-order valence-electron chi connectivity index (χ4n) is 3.40. The van der Waals surface area contributed by atoms with Gasteiger partial charge in [0, 0.05) is 19.4 Å². The molecule has 1 N–H and O–H groups in total. The van der Waals surface area contributed by atoms with Crippen molar-refractivity contribution >= 4 is 12.0 Å². The number of esters is 1. The molecule has 0 bridgehead atoms. The molecule has 0 unspecified atom stereocenters. The Labute approximate surface area is 168 Å². The highest BCUT2D eigenvalue weighted by Crippen LogP contribution is 2.35. The molecule has 9 heteroatoms. The van der Waals surface area contributed by atoms with Crippen LogP contribution in [0.2, 0.25) is 0 Å². The van der Waals surface area contributed by atoms with Crippen molar-refractivity contribution in [2.45, 2.75) is 40.3 Å². The van der Waals surface area contributed by atoms with Crippen LogP contribution < -0.4 is 10.1 Å². The van der Waals surface area contributed by atoms with Crippen molar-refractivity contribution in [2.75, 3.05) is 26.9 Å². The average molecular weight is 412 g/mol. The fourth-order valence-corrected chi connectivity index (χ4v) is 3.40. The molecule has 0 fully saturated rings. The lowest BCUT2D eigenvalue weighted by Gasteiger charge is -2.35. The zero-order valence-electron chi connectivity index (χ0n) is 17.2. The molecule has 0 saturated carbocycles. The first-order valence-electron chi connectivity index (χ1n) is 9.22. The predicted molar refractivity (Wildman–Crippen MR) is 102 cm³/mol. The third kappa shape index (κ3) is 5.03. The number of carbonyl (C=O) groups excluding carboxylic acids is 2. The Kier molecular flexibility index (Phi) is 7.55. The van der Waals surface area contributed by atoms with Crippen LogP contribution in [0.25, 0.3) is 0 Å². The lowest BCUT2D eigenvalue weighted by molar-refractivity contribution is -0.140. The van der Waals surface area contributed by atoms with Gasteiger partial charge in [-0.2, -0.15) is 8.78 Å². The maximum absolute atomic E-state index is 12.8. The number of benzene rings is 1. The number of nitrogens with zero attached hydrogens (tertiary/aromatic N) is 1. The van der Waals surface area contributed by atoms with E-state index in [2.05, 4.69) is 10.1 Å². The molecule has 1 atom stereocenters. The maximum Gasteiger partial charge on any atom is 0.387 e. The molecule has 0 aliphatic carbocycles. The Morgan fingerprint density at radius 2 is 1.83 bits per heavy atom. The molecule has 160 valence electrons. The molecule has 0 spiro atoms. The number of methoxy groups -OCH3 is 1. The summed E-state index contributed by atoms with van der Waals surface area (Å²) in [6.07, 6.45) is 0. The zero-order chi connectivity index (χ0) is 21.7.